The molecule has 0 unspecified atom stereocenters. The lowest BCUT2D eigenvalue weighted by Crippen LogP contribution is -2.48. The number of hydrogen-bond donors (Lipinski definition) is 1. The minimum atomic E-state index is -3.66. The van der Waals surface area contributed by atoms with Gasteiger partial charge in [0.25, 0.3) is 0 Å². The Morgan fingerprint density at radius 2 is 1.79 bits per heavy atom. The molecule has 1 amide bonds. The fraction of sp³-hybridized carbons (Fsp3) is 0.350. The Morgan fingerprint density at radius 3 is 2.36 bits per heavy atom. The van der Waals surface area contributed by atoms with Gasteiger partial charge in [-0.15, -0.1) is 0 Å². The fourth-order valence-corrected chi connectivity index (χ4v) is 3.99. The van der Waals surface area contributed by atoms with Gasteiger partial charge in [0.2, 0.25) is 15.9 Å². The topological polar surface area (TPSA) is 75.7 Å². The predicted octanol–water partition coefficient (Wildman–Crippen LogP) is 3.31. The number of nitrogens with one attached hydrogen (secondary N) is 1. The summed E-state index contributed by atoms with van der Waals surface area (Å²) in [4.78, 5) is 12.5. The fourth-order valence-electron chi connectivity index (χ4n) is 2.69. The molecule has 1 N–H and O–H groups in total. The molecule has 0 aliphatic heterocycles. The number of benzene rings is 2. The number of aryl methyl sites for hydroxylation is 2. The van der Waals surface area contributed by atoms with E-state index in [1.807, 2.05) is 32.0 Å². The summed E-state index contributed by atoms with van der Waals surface area (Å²) < 4.78 is 31.2. The summed E-state index contributed by atoms with van der Waals surface area (Å²) >= 11 is 5.86. The number of sulfonamides is 1. The summed E-state index contributed by atoms with van der Waals surface area (Å²) in [6, 6.07) is 11.2. The molecular formula is C20H25ClN2O4S. The van der Waals surface area contributed by atoms with E-state index >= 15 is 0 Å². The summed E-state index contributed by atoms with van der Waals surface area (Å²) in [5, 5.41) is 3.20. The van der Waals surface area contributed by atoms with Crippen LogP contribution in [0.2, 0.25) is 5.02 Å². The number of carbonyl (C=O) groups excluding carboxylic acids is 1. The molecule has 0 saturated carbocycles. The molecule has 2 aromatic rings. The van der Waals surface area contributed by atoms with Crippen molar-refractivity contribution in [2.75, 3.05) is 23.7 Å². The number of amides is 1. The first kappa shape index (κ1) is 22.0. The molecule has 0 aromatic heterocycles. The molecule has 2 aromatic carbocycles. The summed E-state index contributed by atoms with van der Waals surface area (Å²) in [6.45, 7) is 6.10. The number of anilines is 1. The van der Waals surface area contributed by atoms with Crippen LogP contribution >= 0.6 is 11.6 Å². The smallest absolute Gasteiger partial charge is 0.243 e. The van der Waals surface area contributed by atoms with E-state index in [2.05, 4.69) is 5.32 Å². The molecule has 0 spiro atoms. The first-order chi connectivity index (χ1) is 13.1. The van der Waals surface area contributed by atoms with Crippen molar-refractivity contribution in [1.29, 1.82) is 0 Å². The van der Waals surface area contributed by atoms with E-state index in [-0.39, 0.29) is 13.2 Å². The quantitative estimate of drug-likeness (QED) is 0.659. The Morgan fingerprint density at radius 1 is 1.14 bits per heavy atom. The molecule has 28 heavy (non-hydrogen) atoms. The van der Waals surface area contributed by atoms with Gasteiger partial charge in [-0.25, -0.2) is 8.42 Å². The third-order valence-electron chi connectivity index (χ3n) is 4.32. The second-order valence-electron chi connectivity index (χ2n) is 6.60. The molecule has 0 heterocycles. The Hall–Kier alpha value is -2.25. The van der Waals surface area contributed by atoms with E-state index in [0.29, 0.717) is 10.7 Å². The summed E-state index contributed by atoms with van der Waals surface area (Å²) in [6.07, 6.45) is 1.06. The van der Waals surface area contributed by atoms with Crippen LogP contribution in [-0.2, 0) is 14.8 Å². The number of hydrogen-bond acceptors (Lipinski definition) is 4. The van der Waals surface area contributed by atoms with Crippen molar-refractivity contribution in [3.05, 3.63) is 58.6 Å². The van der Waals surface area contributed by atoms with Crippen LogP contribution in [0.5, 0.6) is 5.75 Å². The first-order valence-corrected chi connectivity index (χ1v) is 11.0. The van der Waals surface area contributed by atoms with E-state index in [1.54, 1.807) is 24.3 Å². The zero-order valence-corrected chi connectivity index (χ0v) is 18.0. The lowest BCUT2D eigenvalue weighted by Gasteiger charge is -2.28. The van der Waals surface area contributed by atoms with Crippen molar-refractivity contribution < 1.29 is 17.9 Å². The minimum absolute atomic E-state index is 0.258. The molecule has 6 nitrogen and oxygen atoms in total. The van der Waals surface area contributed by atoms with E-state index in [9.17, 15) is 13.2 Å². The lowest BCUT2D eigenvalue weighted by molar-refractivity contribution is -0.121. The normalized spacial score (nSPS) is 12.3. The second-order valence-corrected chi connectivity index (χ2v) is 8.89. The molecule has 0 saturated heterocycles. The molecule has 1 atom stereocenters. The third kappa shape index (κ3) is 5.87. The zero-order valence-electron chi connectivity index (χ0n) is 16.4. The first-order valence-electron chi connectivity index (χ1n) is 8.82. The Labute approximate surface area is 171 Å². The SMILES string of the molecule is Cc1ccc(OCCNC(=O)[C@@H](C)N(c2ccc(Cl)cc2)S(C)(=O)=O)cc1C. The lowest BCUT2D eigenvalue weighted by atomic mass is 10.1. The maximum Gasteiger partial charge on any atom is 0.243 e. The number of halogens is 1. The van der Waals surface area contributed by atoms with Gasteiger partial charge in [0.15, 0.2) is 0 Å². The Kier molecular flexibility index (Phi) is 7.32. The molecule has 0 aliphatic carbocycles. The van der Waals surface area contributed by atoms with Gasteiger partial charge in [0, 0.05) is 5.02 Å². The molecule has 0 radical (unpaired) electrons. The Balaban J connectivity index is 1.97. The van der Waals surface area contributed by atoms with E-state index < -0.39 is 22.0 Å². The molecule has 0 aliphatic rings. The standard InChI is InChI=1S/C20H25ClN2O4S/c1-14-5-10-19(13-15(14)2)27-12-11-22-20(24)16(3)23(28(4,25)26)18-8-6-17(21)7-9-18/h5-10,13,16H,11-12H2,1-4H3,(H,22,24)/t16-/m1/s1. The van der Waals surface area contributed by atoms with Crippen molar-refractivity contribution in [1.82, 2.24) is 5.32 Å². The van der Waals surface area contributed by atoms with Crippen LogP contribution in [0.15, 0.2) is 42.5 Å². The van der Waals surface area contributed by atoms with Crippen LogP contribution in [0, 0.1) is 13.8 Å². The highest BCUT2D eigenvalue weighted by molar-refractivity contribution is 7.92. The van der Waals surface area contributed by atoms with Gasteiger partial charge >= 0.3 is 0 Å². The van der Waals surface area contributed by atoms with Crippen molar-refractivity contribution in [2.24, 2.45) is 0 Å². The van der Waals surface area contributed by atoms with Crippen molar-refractivity contribution in [2.45, 2.75) is 26.8 Å². The van der Waals surface area contributed by atoms with Crippen LogP contribution in [0.4, 0.5) is 5.69 Å². The van der Waals surface area contributed by atoms with Crippen LogP contribution in [-0.4, -0.2) is 39.8 Å². The predicted molar refractivity (Wildman–Crippen MR) is 113 cm³/mol. The average molecular weight is 425 g/mol. The third-order valence-corrected chi connectivity index (χ3v) is 5.81. The monoisotopic (exact) mass is 424 g/mol. The highest BCUT2D eigenvalue weighted by atomic mass is 35.5. The second kappa shape index (κ2) is 9.30. The van der Waals surface area contributed by atoms with Crippen molar-refractivity contribution in [3.63, 3.8) is 0 Å². The summed E-state index contributed by atoms with van der Waals surface area (Å²) in [5.74, 6) is 0.313. The maximum atomic E-state index is 12.5. The molecule has 0 fully saturated rings. The van der Waals surface area contributed by atoms with Gasteiger partial charge in [-0.3, -0.25) is 9.10 Å². The number of nitrogens with zero attached hydrogens (tertiary/aromatic N) is 1. The van der Waals surface area contributed by atoms with Gasteiger partial charge in [0.1, 0.15) is 18.4 Å². The summed E-state index contributed by atoms with van der Waals surface area (Å²) in [5.41, 5.74) is 2.68. The van der Waals surface area contributed by atoms with E-state index in [0.717, 1.165) is 21.9 Å². The van der Waals surface area contributed by atoms with Crippen LogP contribution in [0.25, 0.3) is 0 Å². The molecule has 152 valence electrons. The van der Waals surface area contributed by atoms with Crippen LogP contribution in [0.1, 0.15) is 18.1 Å². The summed E-state index contributed by atoms with van der Waals surface area (Å²) in [7, 11) is -3.66. The van der Waals surface area contributed by atoms with Gasteiger partial charge in [0.05, 0.1) is 18.5 Å². The molecular weight excluding hydrogens is 400 g/mol. The van der Waals surface area contributed by atoms with Crippen molar-refractivity contribution >= 4 is 33.2 Å². The Bertz CT molecular complexity index is 930. The zero-order chi connectivity index (χ0) is 20.9. The highest BCUT2D eigenvalue weighted by Crippen LogP contribution is 2.23. The maximum absolute atomic E-state index is 12.5. The number of rotatable bonds is 8. The largest absolute Gasteiger partial charge is 0.492 e. The van der Waals surface area contributed by atoms with E-state index in [4.69, 9.17) is 16.3 Å². The van der Waals surface area contributed by atoms with Crippen LogP contribution < -0.4 is 14.4 Å². The van der Waals surface area contributed by atoms with Gasteiger partial charge in [-0.2, -0.15) is 0 Å². The number of ether oxygens (including phenoxy) is 1. The van der Waals surface area contributed by atoms with E-state index in [1.165, 1.54) is 12.5 Å². The minimum Gasteiger partial charge on any atom is -0.492 e. The molecule has 8 heteroatoms. The van der Waals surface area contributed by atoms with Gasteiger partial charge in [-0.1, -0.05) is 17.7 Å². The molecule has 0 bridgehead atoms. The van der Waals surface area contributed by atoms with Gasteiger partial charge < -0.3 is 10.1 Å². The van der Waals surface area contributed by atoms with Crippen LogP contribution in [0.3, 0.4) is 0 Å². The highest BCUT2D eigenvalue weighted by Gasteiger charge is 2.28. The molecule has 2 rings (SSSR count). The van der Waals surface area contributed by atoms with Gasteiger partial charge in [-0.05, 0) is 68.3 Å². The number of carbonyl (C=O) groups is 1. The average Bonchev–Trinajstić information content (AvgIpc) is 2.62. The van der Waals surface area contributed by atoms with Crippen molar-refractivity contribution in [3.8, 4) is 5.75 Å².